The molecule has 25 heavy (non-hydrogen) atoms. The molecule has 0 radical (unpaired) electrons. The van der Waals surface area contributed by atoms with Gasteiger partial charge in [0.25, 0.3) is 5.16 Å². The predicted molar refractivity (Wildman–Crippen MR) is 95.5 cm³/mol. The van der Waals surface area contributed by atoms with Gasteiger partial charge in [-0.3, -0.25) is 0 Å². The molecule has 1 heterocycles. The third-order valence-electron chi connectivity index (χ3n) is 4.06. The fourth-order valence-corrected chi connectivity index (χ4v) is 3.80. The van der Waals surface area contributed by atoms with Crippen LogP contribution in [0.5, 0.6) is 0 Å². The molecule has 0 N–H and O–H groups in total. The number of aryl methyl sites for hydroxylation is 1. The second-order valence-electron chi connectivity index (χ2n) is 5.79. The molecule has 0 fully saturated rings. The van der Waals surface area contributed by atoms with E-state index in [1.165, 1.54) is 11.0 Å². The van der Waals surface area contributed by atoms with Crippen molar-refractivity contribution < 1.29 is 8.42 Å². The van der Waals surface area contributed by atoms with Crippen LogP contribution in [0.15, 0.2) is 83.1 Å². The minimum absolute atomic E-state index is 0.189. The highest BCUT2D eigenvalue weighted by molar-refractivity contribution is 7.91. The highest BCUT2D eigenvalue weighted by Gasteiger charge is 2.23. The average molecular weight is 349 g/mol. The molecule has 0 spiro atoms. The van der Waals surface area contributed by atoms with E-state index in [1.54, 1.807) is 24.3 Å². The molecular formula is C19H15N3O2S. The first-order chi connectivity index (χ1) is 12.1. The lowest BCUT2D eigenvalue weighted by atomic mass is 10.1. The highest BCUT2D eigenvalue weighted by atomic mass is 32.2. The molecule has 0 aliphatic rings. The third-order valence-corrected chi connectivity index (χ3v) is 5.62. The van der Waals surface area contributed by atoms with E-state index in [4.69, 9.17) is 0 Å². The number of fused-ring (bicyclic) bond motifs is 1. The Labute approximate surface area is 145 Å². The standard InChI is InChI=1S/C19H15N3O2S/c1-14-9-11-16(12-10-14)25(23,24)19-20-13-22(21-19)18-8-4-6-15-5-2-3-7-17(15)18/h2-13H,1H3. The van der Waals surface area contributed by atoms with Crippen molar-refractivity contribution in [2.45, 2.75) is 17.0 Å². The second-order valence-corrected chi connectivity index (χ2v) is 7.63. The van der Waals surface area contributed by atoms with Crippen molar-refractivity contribution in [3.63, 3.8) is 0 Å². The van der Waals surface area contributed by atoms with Crippen LogP contribution in [0, 0.1) is 6.92 Å². The lowest BCUT2D eigenvalue weighted by Crippen LogP contribution is -2.05. The minimum atomic E-state index is -3.74. The predicted octanol–water partition coefficient (Wildman–Crippen LogP) is 3.56. The van der Waals surface area contributed by atoms with Gasteiger partial charge < -0.3 is 0 Å². The van der Waals surface area contributed by atoms with Gasteiger partial charge >= 0.3 is 0 Å². The van der Waals surface area contributed by atoms with Gasteiger partial charge in [-0.05, 0) is 30.5 Å². The lowest BCUT2D eigenvalue weighted by Gasteiger charge is -2.05. The van der Waals surface area contributed by atoms with Crippen LogP contribution in [0.25, 0.3) is 16.5 Å². The maximum atomic E-state index is 12.7. The molecule has 124 valence electrons. The van der Waals surface area contributed by atoms with Gasteiger partial charge in [-0.1, -0.05) is 54.1 Å². The van der Waals surface area contributed by atoms with Gasteiger partial charge in [0, 0.05) is 5.39 Å². The fraction of sp³-hybridized carbons (Fsp3) is 0.0526. The Morgan fingerprint density at radius 2 is 1.60 bits per heavy atom. The normalized spacial score (nSPS) is 11.7. The maximum absolute atomic E-state index is 12.7. The summed E-state index contributed by atoms with van der Waals surface area (Å²) >= 11 is 0. The highest BCUT2D eigenvalue weighted by Crippen LogP contribution is 2.23. The number of aromatic nitrogens is 3. The van der Waals surface area contributed by atoms with Gasteiger partial charge in [0.15, 0.2) is 0 Å². The van der Waals surface area contributed by atoms with E-state index < -0.39 is 9.84 Å². The first-order valence-electron chi connectivity index (χ1n) is 7.77. The van der Waals surface area contributed by atoms with Crippen molar-refractivity contribution in [3.05, 3.63) is 78.6 Å². The van der Waals surface area contributed by atoms with Crippen molar-refractivity contribution in [3.8, 4) is 5.69 Å². The molecule has 0 unspecified atom stereocenters. The topological polar surface area (TPSA) is 64.8 Å². The largest absolute Gasteiger partial charge is 0.272 e. The van der Waals surface area contributed by atoms with Crippen molar-refractivity contribution >= 4 is 20.6 Å². The van der Waals surface area contributed by atoms with E-state index in [0.29, 0.717) is 0 Å². The zero-order chi connectivity index (χ0) is 17.4. The van der Waals surface area contributed by atoms with Crippen LogP contribution < -0.4 is 0 Å². The van der Waals surface area contributed by atoms with Crippen molar-refractivity contribution in [1.82, 2.24) is 14.8 Å². The van der Waals surface area contributed by atoms with Gasteiger partial charge in [-0.25, -0.2) is 18.1 Å². The molecule has 1 aromatic heterocycles. The molecule has 0 saturated heterocycles. The summed E-state index contributed by atoms with van der Waals surface area (Å²) in [5, 5.41) is 6.05. The summed E-state index contributed by atoms with van der Waals surface area (Å²) in [5.74, 6) is 0. The Hall–Kier alpha value is -2.99. The summed E-state index contributed by atoms with van der Waals surface area (Å²) in [4.78, 5) is 4.22. The second kappa shape index (κ2) is 5.82. The van der Waals surface area contributed by atoms with E-state index in [0.717, 1.165) is 22.0 Å². The first-order valence-corrected chi connectivity index (χ1v) is 9.25. The number of hydrogen-bond donors (Lipinski definition) is 0. The van der Waals surface area contributed by atoms with Gasteiger partial charge in [0.2, 0.25) is 9.84 Å². The van der Waals surface area contributed by atoms with E-state index in [-0.39, 0.29) is 10.1 Å². The Bertz CT molecular complexity index is 1160. The molecule has 0 atom stereocenters. The van der Waals surface area contributed by atoms with E-state index >= 15 is 0 Å². The summed E-state index contributed by atoms with van der Waals surface area (Å²) in [6, 6.07) is 20.3. The molecule has 6 heteroatoms. The molecule has 0 bridgehead atoms. The molecule has 3 aromatic carbocycles. The Balaban J connectivity index is 1.81. The molecule has 0 saturated carbocycles. The van der Waals surface area contributed by atoms with Crippen LogP contribution >= 0.6 is 0 Å². The molecule has 4 rings (SSSR count). The monoisotopic (exact) mass is 349 g/mol. The third kappa shape index (κ3) is 2.70. The van der Waals surface area contributed by atoms with Crippen LogP contribution in [0.2, 0.25) is 0 Å². The van der Waals surface area contributed by atoms with Crippen LogP contribution in [-0.4, -0.2) is 23.2 Å². The van der Waals surface area contributed by atoms with Crippen LogP contribution in [0.4, 0.5) is 0 Å². The molecule has 0 aliphatic heterocycles. The molecule has 0 aliphatic carbocycles. The quantitative estimate of drug-likeness (QED) is 0.567. The zero-order valence-corrected chi connectivity index (χ0v) is 14.3. The summed E-state index contributed by atoms with van der Waals surface area (Å²) in [6.07, 6.45) is 1.43. The first kappa shape index (κ1) is 15.5. The smallest absolute Gasteiger partial charge is 0.219 e. The summed E-state index contributed by atoms with van der Waals surface area (Å²) in [5.41, 5.74) is 1.78. The van der Waals surface area contributed by atoms with Crippen molar-refractivity contribution in [2.24, 2.45) is 0 Å². The average Bonchev–Trinajstić information content (AvgIpc) is 3.12. The van der Waals surface area contributed by atoms with Gasteiger partial charge in [0.05, 0.1) is 10.6 Å². The SMILES string of the molecule is Cc1ccc(S(=O)(=O)c2ncn(-c3cccc4ccccc34)n2)cc1. The molecule has 4 aromatic rings. The molecule has 0 amide bonds. The number of sulfone groups is 1. The number of benzene rings is 3. The lowest BCUT2D eigenvalue weighted by molar-refractivity contribution is 0.586. The summed E-state index contributed by atoms with van der Waals surface area (Å²) < 4.78 is 26.9. The number of hydrogen-bond acceptors (Lipinski definition) is 4. The molecule has 5 nitrogen and oxygen atoms in total. The van der Waals surface area contributed by atoms with Crippen LogP contribution in [-0.2, 0) is 9.84 Å². The van der Waals surface area contributed by atoms with Crippen molar-refractivity contribution in [1.29, 1.82) is 0 Å². The van der Waals surface area contributed by atoms with E-state index in [2.05, 4.69) is 10.1 Å². The van der Waals surface area contributed by atoms with Gasteiger partial charge in [-0.15, -0.1) is 5.10 Å². The Morgan fingerprint density at radius 1 is 0.880 bits per heavy atom. The van der Waals surface area contributed by atoms with E-state index in [1.807, 2.05) is 49.4 Å². The van der Waals surface area contributed by atoms with Crippen LogP contribution in [0.3, 0.4) is 0 Å². The van der Waals surface area contributed by atoms with Crippen molar-refractivity contribution in [2.75, 3.05) is 0 Å². The fourth-order valence-electron chi connectivity index (χ4n) is 2.72. The van der Waals surface area contributed by atoms with Crippen LogP contribution in [0.1, 0.15) is 5.56 Å². The Morgan fingerprint density at radius 3 is 2.40 bits per heavy atom. The summed E-state index contributed by atoms with van der Waals surface area (Å²) in [6.45, 7) is 1.91. The molecular weight excluding hydrogens is 334 g/mol. The number of rotatable bonds is 3. The summed E-state index contributed by atoms with van der Waals surface area (Å²) in [7, 11) is -3.74. The van der Waals surface area contributed by atoms with Gasteiger partial charge in [0.1, 0.15) is 6.33 Å². The minimum Gasteiger partial charge on any atom is -0.219 e. The van der Waals surface area contributed by atoms with Gasteiger partial charge in [-0.2, -0.15) is 0 Å². The zero-order valence-electron chi connectivity index (χ0n) is 13.5. The maximum Gasteiger partial charge on any atom is 0.272 e. The number of nitrogens with zero attached hydrogens (tertiary/aromatic N) is 3. The van der Waals surface area contributed by atoms with E-state index in [9.17, 15) is 8.42 Å². The Kier molecular flexibility index (Phi) is 3.62.